The monoisotopic (exact) mass is 326 g/mol. The number of hydrogen-bond acceptors (Lipinski definition) is 5. The molecule has 2 rings (SSSR count). The van der Waals surface area contributed by atoms with Crippen molar-refractivity contribution in [3.8, 4) is 0 Å². The number of carbonyl (C=O) groups excluding carboxylic acids is 1. The van der Waals surface area contributed by atoms with Gasteiger partial charge in [-0.2, -0.15) is 0 Å². The van der Waals surface area contributed by atoms with Crippen molar-refractivity contribution in [1.82, 2.24) is 14.8 Å². The van der Waals surface area contributed by atoms with E-state index in [4.69, 9.17) is 5.14 Å². The smallest absolute Gasteiger partial charge is 0.272 e. The number of sulfonamides is 1. The molecule has 1 aliphatic heterocycles. The first-order chi connectivity index (χ1) is 10.1. The number of pyridine rings is 1. The number of primary sulfonamides is 1. The van der Waals surface area contributed by atoms with E-state index >= 15 is 0 Å². The number of hydrogen-bond donors (Lipinski definition) is 1. The minimum atomic E-state index is -3.84. The van der Waals surface area contributed by atoms with Crippen molar-refractivity contribution in [2.45, 2.75) is 31.2 Å². The highest BCUT2D eigenvalue weighted by molar-refractivity contribution is 7.89. The molecule has 0 aliphatic carbocycles. The van der Waals surface area contributed by atoms with E-state index in [1.54, 1.807) is 4.90 Å². The average Bonchev–Trinajstić information content (AvgIpc) is 2.45. The number of nitrogens with zero attached hydrogens (tertiary/aromatic N) is 3. The zero-order valence-corrected chi connectivity index (χ0v) is 13.9. The Kier molecular flexibility index (Phi) is 4.55. The maximum absolute atomic E-state index is 12.4. The van der Waals surface area contributed by atoms with Crippen LogP contribution in [-0.2, 0) is 10.0 Å². The molecule has 1 aromatic heterocycles. The Morgan fingerprint density at radius 3 is 2.32 bits per heavy atom. The summed E-state index contributed by atoms with van der Waals surface area (Å²) in [6.07, 6.45) is 1.29. The van der Waals surface area contributed by atoms with Gasteiger partial charge in [0.15, 0.2) is 0 Å². The molecule has 0 saturated carbocycles. The number of aromatic nitrogens is 1. The summed E-state index contributed by atoms with van der Waals surface area (Å²) in [4.78, 5) is 20.3. The molecule has 2 N–H and O–H groups in total. The molecule has 0 radical (unpaired) electrons. The van der Waals surface area contributed by atoms with Crippen LogP contribution in [0.1, 0.15) is 31.3 Å². The zero-order chi connectivity index (χ0) is 16.5. The van der Waals surface area contributed by atoms with Crippen LogP contribution in [0.2, 0.25) is 0 Å². The van der Waals surface area contributed by atoms with Crippen molar-refractivity contribution in [2.24, 2.45) is 5.14 Å². The quantitative estimate of drug-likeness (QED) is 0.842. The van der Waals surface area contributed by atoms with E-state index in [0.717, 1.165) is 13.1 Å². The van der Waals surface area contributed by atoms with Gasteiger partial charge in [-0.05, 0) is 32.9 Å². The van der Waals surface area contributed by atoms with Crippen molar-refractivity contribution in [2.75, 3.05) is 26.2 Å². The fourth-order valence-electron chi connectivity index (χ4n) is 2.45. The van der Waals surface area contributed by atoms with E-state index in [0.29, 0.717) is 13.1 Å². The number of carbonyl (C=O) groups is 1. The summed E-state index contributed by atoms with van der Waals surface area (Å²) in [7, 11) is -3.84. The van der Waals surface area contributed by atoms with Gasteiger partial charge in [0.2, 0.25) is 10.0 Å². The molecule has 1 aliphatic rings. The Bertz CT molecular complexity index is 659. The zero-order valence-electron chi connectivity index (χ0n) is 13.1. The minimum Gasteiger partial charge on any atom is -0.335 e. The van der Waals surface area contributed by atoms with Gasteiger partial charge in [-0.3, -0.25) is 14.7 Å². The van der Waals surface area contributed by atoms with E-state index in [-0.39, 0.29) is 22.0 Å². The third-order valence-corrected chi connectivity index (χ3v) is 4.71. The average molecular weight is 326 g/mol. The highest BCUT2D eigenvalue weighted by Gasteiger charge is 2.28. The normalized spacial score (nSPS) is 17.5. The molecule has 0 atom stereocenters. The molecular weight excluding hydrogens is 304 g/mol. The third-order valence-electron chi connectivity index (χ3n) is 3.79. The Morgan fingerprint density at radius 1 is 1.23 bits per heavy atom. The van der Waals surface area contributed by atoms with Gasteiger partial charge in [0, 0.05) is 37.9 Å². The number of piperazine rings is 1. The summed E-state index contributed by atoms with van der Waals surface area (Å²) in [5.41, 5.74) is 0.178. The summed E-state index contributed by atoms with van der Waals surface area (Å²) in [6, 6.07) is 2.51. The molecule has 0 spiro atoms. The Balaban J connectivity index is 2.11. The van der Waals surface area contributed by atoms with Crippen molar-refractivity contribution in [3.63, 3.8) is 0 Å². The fourth-order valence-corrected chi connectivity index (χ4v) is 2.97. The third kappa shape index (κ3) is 3.82. The Labute approximate surface area is 131 Å². The van der Waals surface area contributed by atoms with E-state index in [1.807, 2.05) is 0 Å². The van der Waals surface area contributed by atoms with Crippen LogP contribution in [0.25, 0.3) is 0 Å². The van der Waals surface area contributed by atoms with Gasteiger partial charge in [-0.15, -0.1) is 0 Å². The predicted octanol–water partition coefficient (Wildman–Crippen LogP) is 0.285. The van der Waals surface area contributed by atoms with Crippen molar-refractivity contribution in [3.05, 3.63) is 24.0 Å². The molecule has 1 aromatic rings. The first-order valence-corrected chi connectivity index (χ1v) is 8.67. The van der Waals surface area contributed by atoms with Crippen molar-refractivity contribution >= 4 is 15.9 Å². The van der Waals surface area contributed by atoms with Crippen molar-refractivity contribution in [1.29, 1.82) is 0 Å². The molecule has 8 heteroatoms. The standard InChI is InChI=1S/C14H22N4O3S/c1-14(2,3)18-8-6-17(7-9-18)13(19)12-10-11(4-5-16-12)22(15,20)21/h4-5,10H,6-9H2,1-3H3,(H2,15,20,21). The molecule has 1 amide bonds. The van der Waals surface area contributed by atoms with Crippen LogP contribution in [0.3, 0.4) is 0 Å². The van der Waals surface area contributed by atoms with E-state index in [1.165, 1.54) is 18.3 Å². The van der Waals surface area contributed by atoms with Gasteiger partial charge >= 0.3 is 0 Å². The van der Waals surface area contributed by atoms with Gasteiger partial charge in [-0.1, -0.05) is 0 Å². The van der Waals surface area contributed by atoms with Crippen LogP contribution >= 0.6 is 0 Å². The largest absolute Gasteiger partial charge is 0.335 e. The predicted molar refractivity (Wildman–Crippen MR) is 82.8 cm³/mol. The Morgan fingerprint density at radius 2 is 1.82 bits per heavy atom. The number of amides is 1. The van der Waals surface area contributed by atoms with Gasteiger partial charge < -0.3 is 4.90 Å². The topological polar surface area (TPSA) is 96.6 Å². The van der Waals surface area contributed by atoms with E-state index in [9.17, 15) is 13.2 Å². The fraction of sp³-hybridized carbons (Fsp3) is 0.571. The molecule has 0 unspecified atom stereocenters. The van der Waals surface area contributed by atoms with Crippen LogP contribution in [0.5, 0.6) is 0 Å². The van der Waals surface area contributed by atoms with Crippen LogP contribution in [0.4, 0.5) is 0 Å². The highest BCUT2D eigenvalue weighted by atomic mass is 32.2. The minimum absolute atomic E-state index is 0.0704. The molecule has 1 saturated heterocycles. The second-order valence-corrected chi connectivity index (χ2v) is 7.93. The van der Waals surface area contributed by atoms with E-state index < -0.39 is 10.0 Å². The summed E-state index contributed by atoms with van der Waals surface area (Å²) in [5.74, 6) is -0.265. The SMILES string of the molecule is CC(C)(C)N1CCN(C(=O)c2cc(S(N)(=O)=O)ccn2)CC1. The molecule has 0 aromatic carbocycles. The molecular formula is C14H22N4O3S. The molecule has 1 fully saturated rings. The first kappa shape index (κ1) is 16.9. The lowest BCUT2D eigenvalue weighted by atomic mass is 10.0. The first-order valence-electron chi connectivity index (χ1n) is 7.12. The molecule has 22 heavy (non-hydrogen) atoms. The van der Waals surface area contributed by atoms with Crippen LogP contribution in [0.15, 0.2) is 23.2 Å². The number of rotatable bonds is 2. The molecule has 7 nitrogen and oxygen atoms in total. The Hall–Kier alpha value is -1.51. The maximum Gasteiger partial charge on any atom is 0.272 e. The van der Waals surface area contributed by atoms with Crippen LogP contribution < -0.4 is 5.14 Å². The van der Waals surface area contributed by atoms with Crippen molar-refractivity contribution < 1.29 is 13.2 Å². The summed E-state index contributed by atoms with van der Waals surface area (Å²) in [6.45, 7) is 9.17. The maximum atomic E-state index is 12.4. The lowest BCUT2D eigenvalue weighted by molar-refractivity contribution is 0.0446. The van der Waals surface area contributed by atoms with Crippen LogP contribution in [0, 0.1) is 0 Å². The summed E-state index contributed by atoms with van der Waals surface area (Å²) in [5, 5.41) is 5.08. The lowest BCUT2D eigenvalue weighted by Crippen LogP contribution is -2.54. The van der Waals surface area contributed by atoms with Gasteiger partial charge in [0.1, 0.15) is 5.69 Å². The summed E-state index contributed by atoms with van der Waals surface area (Å²) < 4.78 is 22.7. The second kappa shape index (κ2) is 5.94. The lowest BCUT2D eigenvalue weighted by Gasteiger charge is -2.42. The van der Waals surface area contributed by atoms with Crippen LogP contribution in [-0.4, -0.2) is 60.8 Å². The summed E-state index contributed by atoms with van der Waals surface area (Å²) >= 11 is 0. The van der Waals surface area contributed by atoms with Gasteiger partial charge in [0.25, 0.3) is 5.91 Å². The molecule has 0 bridgehead atoms. The highest BCUT2D eigenvalue weighted by Crippen LogP contribution is 2.17. The van der Waals surface area contributed by atoms with Gasteiger partial charge in [0.05, 0.1) is 4.90 Å². The number of nitrogens with two attached hydrogens (primary N) is 1. The molecule has 122 valence electrons. The second-order valence-electron chi connectivity index (χ2n) is 6.37. The van der Waals surface area contributed by atoms with E-state index in [2.05, 4.69) is 30.7 Å². The molecule has 2 heterocycles. The van der Waals surface area contributed by atoms with Gasteiger partial charge in [-0.25, -0.2) is 13.6 Å².